The standard InChI is InChI=1S/C22H27N2O3P/c25-28(26-20-13-3-1-4-14-20,27-21-15-5-2-6-16-21)23-22(19-11-7-8-12-19)24-17-9-10-18-24/h1-6,13-16,19H,7-12,17-18H2/b23-22+. The van der Waals surface area contributed by atoms with Crippen molar-refractivity contribution < 1.29 is 13.6 Å². The summed E-state index contributed by atoms with van der Waals surface area (Å²) < 4.78 is 30.3. The van der Waals surface area contributed by atoms with Crippen molar-refractivity contribution in [3.63, 3.8) is 0 Å². The molecule has 2 aromatic rings. The molecule has 0 aromatic heterocycles. The van der Waals surface area contributed by atoms with E-state index in [1.54, 1.807) is 24.3 Å². The molecule has 0 radical (unpaired) electrons. The van der Waals surface area contributed by atoms with E-state index in [9.17, 15) is 4.57 Å². The van der Waals surface area contributed by atoms with Gasteiger partial charge in [-0.25, -0.2) is 4.57 Å². The van der Waals surface area contributed by atoms with Gasteiger partial charge < -0.3 is 13.9 Å². The van der Waals surface area contributed by atoms with Gasteiger partial charge in [0.2, 0.25) is 0 Å². The average molecular weight is 398 g/mol. The molecule has 0 atom stereocenters. The van der Waals surface area contributed by atoms with Gasteiger partial charge in [0.05, 0.1) is 0 Å². The van der Waals surface area contributed by atoms with Crippen LogP contribution in [-0.2, 0) is 4.57 Å². The molecule has 2 aliphatic rings. The Hall–Kier alpha value is -2.26. The summed E-state index contributed by atoms with van der Waals surface area (Å²) in [5.41, 5.74) is 0. The molecule has 1 saturated carbocycles. The quantitative estimate of drug-likeness (QED) is 0.343. The van der Waals surface area contributed by atoms with E-state index in [2.05, 4.69) is 4.90 Å². The number of rotatable bonds is 6. The third-order valence-electron chi connectivity index (χ3n) is 5.30. The lowest BCUT2D eigenvalue weighted by atomic mass is 10.1. The molecule has 1 aliphatic carbocycles. The van der Waals surface area contributed by atoms with Crippen molar-refractivity contribution >= 4 is 13.6 Å². The summed E-state index contributed by atoms with van der Waals surface area (Å²) in [6, 6.07) is 18.3. The maximum atomic E-state index is 13.8. The number of para-hydroxylation sites is 2. The van der Waals surface area contributed by atoms with Gasteiger partial charge >= 0.3 is 7.75 Å². The Labute approximate surface area is 167 Å². The second-order valence-electron chi connectivity index (χ2n) is 7.41. The molecule has 1 saturated heterocycles. The van der Waals surface area contributed by atoms with Crippen LogP contribution >= 0.6 is 7.75 Å². The van der Waals surface area contributed by atoms with Crippen molar-refractivity contribution in [2.24, 2.45) is 10.7 Å². The van der Waals surface area contributed by atoms with Crippen molar-refractivity contribution in [1.29, 1.82) is 0 Å². The Morgan fingerprint density at radius 2 is 1.32 bits per heavy atom. The Balaban J connectivity index is 1.69. The Morgan fingerprint density at radius 1 is 0.821 bits per heavy atom. The number of likely N-dealkylation sites (tertiary alicyclic amines) is 1. The molecule has 4 rings (SSSR count). The predicted octanol–water partition coefficient (Wildman–Crippen LogP) is 5.94. The first kappa shape index (κ1) is 19.1. The average Bonchev–Trinajstić information content (AvgIpc) is 3.42. The van der Waals surface area contributed by atoms with Crippen LogP contribution < -0.4 is 9.05 Å². The summed E-state index contributed by atoms with van der Waals surface area (Å²) in [5.74, 6) is 2.24. The number of amidine groups is 1. The van der Waals surface area contributed by atoms with Gasteiger partial charge in [-0.3, -0.25) is 0 Å². The molecule has 5 nitrogen and oxygen atoms in total. The van der Waals surface area contributed by atoms with E-state index in [1.165, 1.54) is 12.8 Å². The molecule has 0 unspecified atom stereocenters. The first-order chi connectivity index (χ1) is 13.7. The highest BCUT2D eigenvalue weighted by molar-refractivity contribution is 7.53. The maximum Gasteiger partial charge on any atom is 0.564 e. The molecule has 148 valence electrons. The summed E-state index contributed by atoms with van der Waals surface area (Å²) >= 11 is 0. The highest BCUT2D eigenvalue weighted by Gasteiger charge is 2.35. The fourth-order valence-corrected chi connectivity index (χ4v) is 5.38. The summed E-state index contributed by atoms with van der Waals surface area (Å²) in [5, 5.41) is 0. The molecule has 0 N–H and O–H groups in total. The first-order valence-electron chi connectivity index (χ1n) is 10.2. The van der Waals surface area contributed by atoms with Crippen molar-refractivity contribution in [3.8, 4) is 11.5 Å². The van der Waals surface area contributed by atoms with Crippen LogP contribution in [0, 0.1) is 5.92 Å². The Morgan fingerprint density at radius 3 is 1.82 bits per heavy atom. The number of benzene rings is 2. The molecule has 6 heteroatoms. The van der Waals surface area contributed by atoms with Gasteiger partial charge in [0.25, 0.3) is 0 Å². The van der Waals surface area contributed by atoms with Gasteiger partial charge in [-0.05, 0) is 49.9 Å². The van der Waals surface area contributed by atoms with Crippen LogP contribution in [0.1, 0.15) is 38.5 Å². The lowest BCUT2D eigenvalue weighted by Gasteiger charge is -2.26. The minimum atomic E-state index is -3.78. The van der Waals surface area contributed by atoms with E-state index in [-0.39, 0.29) is 0 Å². The van der Waals surface area contributed by atoms with Crippen LogP contribution in [0.15, 0.2) is 65.4 Å². The van der Waals surface area contributed by atoms with Crippen molar-refractivity contribution in [3.05, 3.63) is 60.7 Å². The molecule has 1 aliphatic heterocycles. The molecular weight excluding hydrogens is 371 g/mol. The van der Waals surface area contributed by atoms with Gasteiger partial charge in [0.15, 0.2) is 0 Å². The van der Waals surface area contributed by atoms with E-state index < -0.39 is 7.75 Å². The van der Waals surface area contributed by atoms with Crippen molar-refractivity contribution in [2.75, 3.05) is 13.1 Å². The minimum Gasteiger partial charge on any atom is -0.399 e. The van der Waals surface area contributed by atoms with Gasteiger partial charge in [-0.1, -0.05) is 49.2 Å². The van der Waals surface area contributed by atoms with E-state index >= 15 is 0 Å². The maximum absolute atomic E-state index is 13.8. The summed E-state index contributed by atoms with van der Waals surface area (Å²) in [6.07, 6.45) is 6.87. The van der Waals surface area contributed by atoms with Gasteiger partial charge in [-0.2, -0.15) is 0 Å². The van der Waals surface area contributed by atoms with Crippen LogP contribution in [0.3, 0.4) is 0 Å². The third-order valence-corrected chi connectivity index (χ3v) is 6.64. The van der Waals surface area contributed by atoms with E-state index in [4.69, 9.17) is 13.8 Å². The van der Waals surface area contributed by atoms with Crippen LogP contribution in [-0.4, -0.2) is 23.8 Å². The second-order valence-corrected chi connectivity index (χ2v) is 8.91. The predicted molar refractivity (Wildman–Crippen MR) is 112 cm³/mol. The summed E-state index contributed by atoms with van der Waals surface area (Å²) in [7, 11) is -3.78. The normalized spacial score (nSPS) is 18.4. The van der Waals surface area contributed by atoms with E-state index in [0.717, 1.165) is 44.6 Å². The first-order valence-corrected chi connectivity index (χ1v) is 11.7. The monoisotopic (exact) mass is 398 g/mol. The zero-order valence-electron chi connectivity index (χ0n) is 16.1. The fraction of sp³-hybridized carbons (Fsp3) is 0.409. The number of hydrogen-bond donors (Lipinski definition) is 0. The third kappa shape index (κ3) is 4.77. The van der Waals surface area contributed by atoms with Crippen molar-refractivity contribution in [2.45, 2.75) is 38.5 Å². The van der Waals surface area contributed by atoms with Crippen LogP contribution in [0.5, 0.6) is 11.5 Å². The minimum absolute atomic E-state index is 0.338. The van der Waals surface area contributed by atoms with Crippen LogP contribution in [0.4, 0.5) is 0 Å². The van der Waals surface area contributed by atoms with Gasteiger partial charge in [-0.15, -0.1) is 4.76 Å². The molecule has 0 amide bonds. The van der Waals surface area contributed by atoms with Gasteiger partial charge in [0, 0.05) is 19.0 Å². The molecule has 2 fully saturated rings. The largest absolute Gasteiger partial charge is 0.564 e. The summed E-state index contributed by atoms with van der Waals surface area (Å²) in [6.45, 7) is 1.93. The zero-order chi connectivity index (χ0) is 19.2. The van der Waals surface area contributed by atoms with Gasteiger partial charge in [0.1, 0.15) is 17.3 Å². The van der Waals surface area contributed by atoms with E-state index in [1.807, 2.05) is 36.4 Å². The summed E-state index contributed by atoms with van der Waals surface area (Å²) in [4.78, 5) is 2.28. The van der Waals surface area contributed by atoms with Crippen molar-refractivity contribution in [1.82, 2.24) is 4.90 Å². The highest BCUT2D eigenvalue weighted by atomic mass is 31.2. The highest BCUT2D eigenvalue weighted by Crippen LogP contribution is 2.51. The molecule has 28 heavy (non-hydrogen) atoms. The van der Waals surface area contributed by atoms with E-state index in [0.29, 0.717) is 17.4 Å². The zero-order valence-corrected chi connectivity index (χ0v) is 17.0. The Kier molecular flexibility index (Phi) is 6.01. The molecular formula is C22H27N2O3P. The fourth-order valence-electron chi connectivity index (χ4n) is 3.95. The molecule has 0 spiro atoms. The molecule has 1 heterocycles. The second kappa shape index (κ2) is 8.83. The van der Waals surface area contributed by atoms with Crippen LogP contribution in [0.2, 0.25) is 0 Å². The lowest BCUT2D eigenvalue weighted by molar-refractivity contribution is 0.384. The number of hydrogen-bond acceptors (Lipinski definition) is 3. The smallest absolute Gasteiger partial charge is 0.399 e. The Bertz CT molecular complexity index is 766. The lowest BCUT2D eigenvalue weighted by Crippen LogP contribution is -2.33. The molecule has 2 aromatic carbocycles. The number of nitrogens with zero attached hydrogens (tertiary/aromatic N) is 2. The molecule has 0 bridgehead atoms. The SMILES string of the molecule is O=P(/N=C(\C1CCCC1)N1CCCC1)(Oc1ccccc1)Oc1ccccc1. The topological polar surface area (TPSA) is 51.1 Å². The van der Waals surface area contributed by atoms with Crippen LogP contribution in [0.25, 0.3) is 0 Å².